The topological polar surface area (TPSA) is 0 Å². The van der Waals surface area contributed by atoms with Crippen molar-refractivity contribution >= 4 is 0 Å². The first kappa shape index (κ1) is 4.63. The van der Waals surface area contributed by atoms with Crippen molar-refractivity contribution in [2.45, 2.75) is 13.3 Å². The van der Waals surface area contributed by atoms with Crippen LogP contribution in [0.1, 0.15) is 14.8 Å². The molecule has 0 N–H and O–H groups in total. The molecule has 0 aromatic rings. The highest BCUT2D eigenvalue weighted by atomic mass is 14.0. The maximum absolute atomic E-state index is 2.22. The van der Waals surface area contributed by atoms with E-state index in [9.17, 15) is 0 Å². The Bertz CT molecular complexity index is 91.0. The molecule has 0 unspecified atom stereocenters. The number of hydrogen-bond donors (Lipinski definition) is 0. The molecule has 0 saturated heterocycles. The second-order valence-electron chi connectivity index (χ2n) is 1.84. The molecule has 0 aromatic heterocycles. The predicted octanol–water partition coefficient (Wildman–Crippen LogP) is 2.38. The van der Waals surface area contributed by atoms with Crippen LogP contribution in [0.3, 0.4) is 0 Å². The standard InChI is InChI=1S/C7H10.H2/c1-2-7-5-3-4-6-7;/h3-7H,2H2,1H3;1H. The third-order valence-electron chi connectivity index (χ3n) is 1.30. The van der Waals surface area contributed by atoms with Crippen molar-refractivity contribution in [2.75, 3.05) is 0 Å². The van der Waals surface area contributed by atoms with E-state index in [1.165, 1.54) is 6.42 Å². The molecule has 0 bridgehead atoms. The van der Waals surface area contributed by atoms with Gasteiger partial charge in [0.1, 0.15) is 0 Å². The lowest BCUT2D eigenvalue weighted by atomic mass is 10.1. The molecule has 0 heterocycles. The monoisotopic (exact) mass is 96.1 g/mol. The van der Waals surface area contributed by atoms with Gasteiger partial charge in [0.2, 0.25) is 0 Å². The van der Waals surface area contributed by atoms with Gasteiger partial charge in [0.05, 0.1) is 0 Å². The minimum Gasteiger partial charge on any atom is -0.0776 e. The second-order valence-corrected chi connectivity index (χ2v) is 1.84. The average molecular weight is 96.2 g/mol. The first-order chi connectivity index (χ1) is 3.43. The van der Waals surface area contributed by atoms with Gasteiger partial charge in [-0.25, -0.2) is 0 Å². The maximum atomic E-state index is 2.22. The fourth-order valence-electron chi connectivity index (χ4n) is 0.750. The van der Waals surface area contributed by atoms with Gasteiger partial charge in [-0.3, -0.25) is 0 Å². The molecule has 0 spiro atoms. The van der Waals surface area contributed by atoms with E-state index in [0.717, 1.165) is 5.92 Å². The molecule has 7 heavy (non-hydrogen) atoms. The van der Waals surface area contributed by atoms with Crippen LogP contribution >= 0.6 is 0 Å². The van der Waals surface area contributed by atoms with Crippen molar-refractivity contribution in [3.05, 3.63) is 24.3 Å². The van der Waals surface area contributed by atoms with Crippen LogP contribution in [0.25, 0.3) is 0 Å². The highest BCUT2D eigenvalue weighted by Crippen LogP contribution is 2.10. The lowest BCUT2D eigenvalue weighted by Gasteiger charge is -1.93. The number of rotatable bonds is 1. The van der Waals surface area contributed by atoms with Crippen molar-refractivity contribution in [1.82, 2.24) is 0 Å². The van der Waals surface area contributed by atoms with Crippen LogP contribution in [0.15, 0.2) is 24.3 Å². The summed E-state index contributed by atoms with van der Waals surface area (Å²) in [6.07, 6.45) is 9.90. The van der Waals surface area contributed by atoms with Crippen LogP contribution in [0.5, 0.6) is 0 Å². The van der Waals surface area contributed by atoms with Crippen molar-refractivity contribution in [1.29, 1.82) is 0 Å². The van der Waals surface area contributed by atoms with Gasteiger partial charge in [-0.15, -0.1) is 0 Å². The van der Waals surface area contributed by atoms with E-state index in [0.29, 0.717) is 0 Å². The molecule has 0 atom stereocenters. The van der Waals surface area contributed by atoms with Gasteiger partial charge >= 0.3 is 0 Å². The van der Waals surface area contributed by atoms with Gasteiger partial charge in [-0.1, -0.05) is 31.2 Å². The van der Waals surface area contributed by atoms with Crippen molar-refractivity contribution in [3.8, 4) is 0 Å². The Morgan fingerprint density at radius 1 is 1.43 bits per heavy atom. The average Bonchev–Trinajstić information content (AvgIpc) is 2.14. The highest BCUT2D eigenvalue weighted by molar-refractivity contribution is 5.16. The van der Waals surface area contributed by atoms with E-state index in [1.54, 1.807) is 0 Å². The lowest BCUT2D eigenvalue weighted by Crippen LogP contribution is -1.81. The summed E-state index contributed by atoms with van der Waals surface area (Å²) >= 11 is 0. The zero-order valence-corrected chi connectivity index (χ0v) is 4.59. The third-order valence-corrected chi connectivity index (χ3v) is 1.30. The minimum atomic E-state index is 0. The van der Waals surface area contributed by atoms with E-state index in [2.05, 4.69) is 31.2 Å². The third kappa shape index (κ3) is 0.923. The number of allylic oxidation sites excluding steroid dienone is 4. The Labute approximate surface area is 46.0 Å². The first-order valence-electron chi connectivity index (χ1n) is 2.78. The van der Waals surface area contributed by atoms with Crippen LogP contribution in [0, 0.1) is 5.92 Å². The van der Waals surface area contributed by atoms with Gasteiger partial charge < -0.3 is 0 Å². The Morgan fingerprint density at radius 3 is 2.29 bits per heavy atom. The van der Waals surface area contributed by atoms with Gasteiger partial charge in [-0.05, 0) is 12.3 Å². The van der Waals surface area contributed by atoms with Crippen LogP contribution in [0.4, 0.5) is 0 Å². The fourth-order valence-corrected chi connectivity index (χ4v) is 0.750. The fraction of sp³-hybridized carbons (Fsp3) is 0.429. The van der Waals surface area contributed by atoms with Crippen LogP contribution in [-0.4, -0.2) is 0 Å². The molecular weight excluding hydrogens is 84.1 g/mol. The van der Waals surface area contributed by atoms with Gasteiger partial charge in [0, 0.05) is 1.43 Å². The Kier molecular flexibility index (Phi) is 1.30. The molecule has 0 amide bonds. The molecule has 0 saturated carbocycles. The number of hydrogen-bond acceptors (Lipinski definition) is 0. The smallest absolute Gasteiger partial charge is 0 e. The SMILES string of the molecule is CCC1C=CC=C1.[HH]. The largest absolute Gasteiger partial charge is 0.0776 e. The molecule has 1 aliphatic rings. The molecule has 1 aliphatic carbocycles. The van der Waals surface area contributed by atoms with E-state index in [4.69, 9.17) is 0 Å². The molecule has 0 fully saturated rings. The van der Waals surface area contributed by atoms with E-state index in [-0.39, 0.29) is 1.43 Å². The molecule has 0 aromatic carbocycles. The maximum Gasteiger partial charge on any atom is 0 e. The molecule has 1 rings (SSSR count). The van der Waals surface area contributed by atoms with Gasteiger partial charge in [-0.2, -0.15) is 0 Å². The minimum absolute atomic E-state index is 0. The molecule has 0 heteroatoms. The Balaban J connectivity index is 0.000000490. The van der Waals surface area contributed by atoms with Crippen LogP contribution in [0.2, 0.25) is 0 Å². The summed E-state index contributed by atoms with van der Waals surface area (Å²) in [4.78, 5) is 0. The summed E-state index contributed by atoms with van der Waals surface area (Å²) in [5.41, 5.74) is 0. The van der Waals surface area contributed by atoms with Crippen molar-refractivity contribution < 1.29 is 1.43 Å². The van der Waals surface area contributed by atoms with Crippen molar-refractivity contribution in [3.63, 3.8) is 0 Å². The van der Waals surface area contributed by atoms with E-state index < -0.39 is 0 Å². The molecule has 0 aliphatic heterocycles. The van der Waals surface area contributed by atoms with Crippen LogP contribution < -0.4 is 0 Å². The zero-order chi connectivity index (χ0) is 5.11. The molecule has 0 nitrogen and oxygen atoms in total. The summed E-state index contributed by atoms with van der Waals surface area (Å²) in [5, 5.41) is 0. The quantitative estimate of drug-likeness (QED) is 0.470. The lowest BCUT2D eigenvalue weighted by molar-refractivity contribution is 0.784. The van der Waals surface area contributed by atoms with Crippen molar-refractivity contribution in [2.24, 2.45) is 5.92 Å². The normalized spacial score (nSPS) is 19.0. The highest BCUT2D eigenvalue weighted by Gasteiger charge is 1.96. The molecule has 40 valence electrons. The summed E-state index contributed by atoms with van der Waals surface area (Å²) < 4.78 is 0. The second kappa shape index (κ2) is 1.97. The van der Waals surface area contributed by atoms with E-state index in [1.807, 2.05) is 0 Å². The first-order valence-corrected chi connectivity index (χ1v) is 2.78. The molecular formula is C7H12. The van der Waals surface area contributed by atoms with E-state index >= 15 is 0 Å². The Morgan fingerprint density at radius 2 is 2.00 bits per heavy atom. The zero-order valence-electron chi connectivity index (χ0n) is 4.59. The van der Waals surface area contributed by atoms with Crippen LogP contribution in [-0.2, 0) is 0 Å². The summed E-state index contributed by atoms with van der Waals surface area (Å²) in [7, 11) is 0. The summed E-state index contributed by atoms with van der Waals surface area (Å²) in [6, 6.07) is 0. The Hall–Kier alpha value is -0.520. The predicted molar refractivity (Wildman–Crippen MR) is 34.2 cm³/mol. The van der Waals surface area contributed by atoms with Gasteiger partial charge in [0.25, 0.3) is 0 Å². The van der Waals surface area contributed by atoms with Gasteiger partial charge in [0.15, 0.2) is 0 Å². The summed E-state index contributed by atoms with van der Waals surface area (Å²) in [5.74, 6) is 0.736. The summed E-state index contributed by atoms with van der Waals surface area (Å²) in [6.45, 7) is 2.20. The molecule has 0 radical (unpaired) electrons.